The monoisotopic (exact) mass is 232 g/mol. The molecule has 1 aliphatic carbocycles. The van der Waals surface area contributed by atoms with E-state index in [0.717, 1.165) is 44.0 Å². The maximum absolute atomic E-state index is 12.4. The summed E-state index contributed by atoms with van der Waals surface area (Å²) in [7, 11) is 2.03. The van der Waals surface area contributed by atoms with Gasteiger partial charge in [0.2, 0.25) is 0 Å². The van der Waals surface area contributed by atoms with Crippen LogP contribution < -0.4 is 5.32 Å². The predicted octanol–water partition coefficient (Wildman–Crippen LogP) is 1.90. The molecule has 1 saturated carbocycles. The Kier molecular flexibility index (Phi) is 2.58. The lowest BCUT2D eigenvalue weighted by Gasteiger charge is -2.31. The van der Waals surface area contributed by atoms with Gasteiger partial charge < -0.3 is 9.88 Å². The Balaban J connectivity index is 1.88. The van der Waals surface area contributed by atoms with Crippen LogP contribution in [-0.2, 0) is 20.0 Å². The molecule has 0 saturated heterocycles. The Morgan fingerprint density at radius 2 is 2.24 bits per heavy atom. The van der Waals surface area contributed by atoms with Crippen LogP contribution in [0.1, 0.15) is 41.5 Å². The minimum Gasteiger partial charge on any atom is -0.344 e. The van der Waals surface area contributed by atoms with E-state index in [1.54, 1.807) is 0 Å². The molecule has 0 unspecified atom stereocenters. The SMILES string of the molecule is CC1CC(C(=O)c2cc3c(n2C)CNCC3)C1. The van der Waals surface area contributed by atoms with E-state index in [2.05, 4.69) is 22.9 Å². The summed E-state index contributed by atoms with van der Waals surface area (Å²) in [6.07, 6.45) is 3.21. The van der Waals surface area contributed by atoms with Crippen molar-refractivity contribution in [1.82, 2.24) is 9.88 Å². The highest BCUT2D eigenvalue weighted by molar-refractivity contribution is 5.97. The molecule has 1 aromatic heterocycles. The first-order chi connectivity index (χ1) is 8.16. The summed E-state index contributed by atoms with van der Waals surface area (Å²) < 4.78 is 2.10. The quantitative estimate of drug-likeness (QED) is 0.790. The highest BCUT2D eigenvalue weighted by Crippen LogP contribution is 2.36. The van der Waals surface area contributed by atoms with Crippen LogP contribution in [0.5, 0.6) is 0 Å². The van der Waals surface area contributed by atoms with Gasteiger partial charge in [-0.3, -0.25) is 4.79 Å². The molecule has 0 amide bonds. The van der Waals surface area contributed by atoms with Crippen LogP contribution in [0.3, 0.4) is 0 Å². The van der Waals surface area contributed by atoms with E-state index in [1.165, 1.54) is 11.3 Å². The van der Waals surface area contributed by atoms with Gasteiger partial charge in [-0.2, -0.15) is 0 Å². The molecule has 3 rings (SSSR count). The number of aromatic nitrogens is 1. The molecule has 0 bridgehead atoms. The van der Waals surface area contributed by atoms with Crippen molar-refractivity contribution in [2.24, 2.45) is 18.9 Å². The minimum atomic E-state index is 0.285. The summed E-state index contributed by atoms with van der Waals surface area (Å²) in [5, 5.41) is 3.37. The molecular formula is C14H20N2O. The van der Waals surface area contributed by atoms with Gasteiger partial charge in [0.15, 0.2) is 5.78 Å². The van der Waals surface area contributed by atoms with Crippen molar-refractivity contribution in [1.29, 1.82) is 0 Å². The van der Waals surface area contributed by atoms with E-state index in [9.17, 15) is 4.79 Å². The van der Waals surface area contributed by atoms with E-state index in [4.69, 9.17) is 0 Å². The molecule has 0 radical (unpaired) electrons. The average molecular weight is 232 g/mol. The maximum atomic E-state index is 12.4. The van der Waals surface area contributed by atoms with Gasteiger partial charge in [-0.15, -0.1) is 0 Å². The Labute approximate surface area is 102 Å². The van der Waals surface area contributed by atoms with Crippen LogP contribution in [-0.4, -0.2) is 16.9 Å². The van der Waals surface area contributed by atoms with Crippen molar-refractivity contribution >= 4 is 5.78 Å². The molecule has 1 fully saturated rings. The number of carbonyl (C=O) groups excluding carboxylic acids is 1. The number of ketones is 1. The van der Waals surface area contributed by atoms with Crippen LogP contribution in [0.25, 0.3) is 0 Å². The second kappa shape index (κ2) is 3.98. The highest BCUT2D eigenvalue weighted by Gasteiger charge is 2.34. The van der Waals surface area contributed by atoms with Gasteiger partial charge in [-0.1, -0.05) is 6.92 Å². The Morgan fingerprint density at radius 3 is 2.88 bits per heavy atom. The van der Waals surface area contributed by atoms with Crippen molar-refractivity contribution in [3.63, 3.8) is 0 Å². The third-order valence-electron chi connectivity index (χ3n) is 4.31. The zero-order chi connectivity index (χ0) is 12.0. The summed E-state index contributed by atoms with van der Waals surface area (Å²) in [6.45, 7) is 4.16. The predicted molar refractivity (Wildman–Crippen MR) is 67.0 cm³/mol. The fourth-order valence-corrected chi connectivity index (χ4v) is 3.15. The number of fused-ring (bicyclic) bond motifs is 1. The number of nitrogens with zero attached hydrogens (tertiary/aromatic N) is 1. The lowest BCUT2D eigenvalue weighted by Crippen LogP contribution is -2.30. The van der Waals surface area contributed by atoms with E-state index >= 15 is 0 Å². The zero-order valence-electron chi connectivity index (χ0n) is 10.6. The first-order valence-corrected chi connectivity index (χ1v) is 6.59. The molecule has 2 aliphatic rings. The second-order valence-electron chi connectivity index (χ2n) is 5.63. The Morgan fingerprint density at radius 1 is 1.47 bits per heavy atom. The number of hydrogen-bond donors (Lipinski definition) is 1. The topological polar surface area (TPSA) is 34.0 Å². The van der Waals surface area contributed by atoms with Crippen LogP contribution in [0, 0.1) is 11.8 Å². The summed E-state index contributed by atoms with van der Waals surface area (Å²) in [5.74, 6) is 1.38. The van der Waals surface area contributed by atoms with E-state index in [1.807, 2.05) is 7.05 Å². The molecule has 3 heteroatoms. The number of Topliss-reactive ketones (excluding diaryl/α,β-unsaturated/α-hetero) is 1. The lowest BCUT2D eigenvalue weighted by molar-refractivity contribution is 0.0782. The van der Waals surface area contributed by atoms with Gasteiger partial charge >= 0.3 is 0 Å². The summed E-state index contributed by atoms with van der Waals surface area (Å²) in [5.41, 5.74) is 3.59. The molecular weight excluding hydrogens is 212 g/mol. The first-order valence-electron chi connectivity index (χ1n) is 6.59. The highest BCUT2D eigenvalue weighted by atomic mass is 16.1. The largest absolute Gasteiger partial charge is 0.344 e. The van der Waals surface area contributed by atoms with Crippen LogP contribution >= 0.6 is 0 Å². The number of hydrogen-bond acceptors (Lipinski definition) is 2. The van der Waals surface area contributed by atoms with Gasteiger partial charge in [0, 0.05) is 25.2 Å². The normalized spacial score (nSPS) is 27.4. The number of carbonyl (C=O) groups is 1. The Hall–Kier alpha value is -1.09. The standard InChI is InChI=1S/C14H20N2O/c1-9-5-11(6-9)14(17)12-7-10-3-4-15-8-13(10)16(12)2/h7,9,11,15H,3-6,8H2,1-2H3. The van der Waals surface area contributed by atoms with E-state index < -0.39 is 0 Å². The molecule has 17 heavy (non-hydrogen) atoms. The smallest absolute Gasteiger partial charge is 0.182 e. The first kappa shape index (κ1) is 11.0. The Bertz CT molecular complexity index is 455. The molecule has 1 aliphatic heterocycles. The molecule has 0 spiro atoms. The lowest BCUT2D eigenvalue weighted by atomic mass is 9.73. The van der Waals surface area contributed by atoms with Crippen LogP contribution in [0.4, 0.5) is 0 Å². The molecule has 1 aromatic rings. The minimum absolute atomic E-state index is 0.285. The van der Waals surface area contributed by atoms with E-state index in [-0.39, 0.29) is 5.92 Å². The maximum Gasteiger partial charge on any atom is 0.182 e. The summed E-state index contributed by atoms with van der Waals surface area (Å²) in [6, 6.07) is 2.13. The molecule has 2 heterocycles. The summed E-state index contributed by atoms with van der Waals surface area (Å²) in [4.78, 5) is 12.4. The van der Waals surface area contributed by atoms with Crippen LogP contribution in [0.2, 0.25) is 0 Å². The van der Waals surface area contributed by atoms with Crippen molar-refractivity contribution < 1.29 is 4.79 Å². The van der Waals surface area contributed by atoms with Crippen molar-refractivity contribution in [3.8, 4) is 0 Å². The average Bonchev–Trinajstić information content (AvgIpc) is 2.63. The van der Waals surface area contributed by atoms with Crippen molar-refractivity contribution in [3.05, 3.63) is 23.0 Å². The molecule has 0 aromatic carbocycles. The van der Waals surface area contributed by atoms with Crippen molar-refractivity contribution in [2.45, 2.75) is 32.7 Å². The van der Waals surface area contributed by atoms with E-state index in [0.29, 0.717) is 5.78 Å². The fourth-order valence-electron chi connectivity index (χ4n) is 3.15. The second-order valence-corrected chi connectivity index (χ2v) is 5.63. The molecule has 0 atom stereocenters. The van der Waals surface area contributed by atoms with Gasteiger partial charge in [0.1, 0.15) is 0 Å². The molecule has 92 valence electrons. The van der Waals surface area contributed by atoms with Gasteiger partial charge in [0.05, 0.1) is 5.69 Å². The zero-order valence-corrected chi connectivity index (χ0v) is 10.6. The number of rotatable bonds is 2. The third kappa shape index (κ3) is 1.73. The fraction of sp³-hybridized carbons (Fsp3) is 0.643. The number of nitrogens with one attached hydrogen (secondary N) is 1. The molecule has 1 N–H and O–H groups in total. The van der Waals surface area contributed by atoms with Gasteiger partial charge in [-0.25, -0.2) is 0 Å². The molecule has 3 nitrogen and oxygen atoms in total. The summed E-state index contributed by atoms with van der Waals surface area (Å²) >= 11 is 0. The van der Waals surface area contributed by atoms with Crippen molar-refractivity contribution in [2.75, 3.05) is 6.54 Å². The van der Waals surface area contributed by atoms with Crippen LogP contribution in [0.15, 0.2) is 6.07 Å². The third-order valence-corrected chi connectivity index (χ3v) is 4.31. The van der Waals surface area contributed by atoms with Gasteiger partial charge in [-0.05, 0) is 43.4 Å². The van der Waals surface area contributed by atoms with Gasteiger partial charge in [0.25, 0.3) is 0 Å².